The molecule has 0 spiro atoms. The first-order valence-electron chi connectivity index (χ1n) is 6.29. The van der Waals surface area contributed by atoms with Gasteiger partial charge in [0.25, 0.3) is 0 Å². The number of allylic oxidation sites excluding steroid dienone is 3. The Bertz CT molecular complexity index is 217. The van der Waals surface area contributed by atoms with Crippen LogP contribution in [-0.4, -0.2) is 11.1 Å². The van der Waals surface area contributed by atoms with E-state index < -0.39 is 5.97 Å². The van der Waals surface area contributed by atoms with E-state index in [0.29, 0.717) is 0 Å². The normalized spacial score (nSPS) is 11.6. The van der Waals surface area contributed by atoms with Crippen LogP contribution < -0.4 is 0 Å². The van der Waals surface area contributed by atoms with Crippen LogP contribution in [0.1, 0.15) is 58.3 Å². The molecule has 0 saturated carbocycles. The summed E-state index contributed by atoms with van der Waals surface area (Å²) in [6.07, 6.45) is 16.7. The van der Waals surface area contributed by atoms with Gasteiger partial charge < -0.3 is 5.11 Å². The highest BCUT2D eigenvalue weighted by atomic mass is 16.4. The van der Waals surface area contributed by atoms with Gasteiger partial charge in [-0.1, -0.05) is 44.1 Å². The van der Waals surface area contributed by atoms with Gasteiger partial charge in [0.2, 0.25) is 0 Å². The van der Waals surface area contributed by atoms with Crippen molar-refractivity contribution in [1.29, 1.82) is 0 Å². The predicted molar refractivity (Wildman–Crippen MR) is 68.5 cm³/mol. The van der Waals surface area contributed by atoms with Crippen LogP contribution in [0.15, 0.2) is 24.3 Å². The van der Waals surface area contributed by atoms with E-state index in [9.17, 15) is 4.79 Å². The molecule has 92 valence electrons. The monoisotopic (exact) mass is 224 g/mol. The second kappa shape index (κ2) is 12.0. The highest BCUT2D eigenvalue weighted by molar-refractivity contribution is 5.68. The van der Waals surface area contributed by atoms with Crippen molar-refractivity contribution in [3.8, 4) is 0 Å². The third-order valence-electron chi connectivity index (χ3n) is 2.35. The van der Waals surface area contributed by atoms with Gasteiger partial charge in [0.15, 0.2) is 0 Å². The summed E-state index contributed by atoms with van der Waals surface area (Å²) in [7, 11) is 0. The summed E-state index contributed by atoms with van der Waals surface area (Å²) < 4.78 is 0. The van der Waals surface area contributed by atoms with E-state index in [-0.39, 0.29) is 6.42 Å². The Labute approximate surface area is 99.1 Å². The van der Waals surface area contributed by atoms with Crippen molar-refractivity contribution >= 4 is 5.97 Å². The molecule has 0 aliphatic rings. The number of rotatable bonds is 10. The summed E-state index contributed by atoms with van der Waals surface area (Å²) in [4.78, 5) is 10.2. The second-order valence-electron chi connectivity index (χ2n) is 3.94. The predicted octanol–water partition coefficient (Wildman–Crippen LogP) is 4.32. The van der Waals surface area contributed by atoms with Gasteiger partial charge in [-0.25, -0.2) is 0 Å². The number of carboxylic acids is 1. The molecule has 1 N–H and O–H groups in total. The number of aliphatic carboxylic acids is 1. The first kappa shape index (κ1) is 14.9. The molecule has 0 bridgehead atoms. The number of carbonyl (C=O) groups is 1. The molecule has 0 aromatic carbocycles. The third-order valence-corrected chi connectivity index (χ3v) is 2.35. The summed E-state index contributed by atoms with van der Waals surface area (Å²) in [5, 5.41) is 8.40. The van der Waals surface area contributed by atoms with Gasteiger partial charge in [-0.2, -0.15) is 0 Å². The smallest absolute Gasteiger partial charge is 0.307 e. The zero-order valence-corrected chi connectivity index (χ0v) is 10.3. The summed E-state index contributed by atoms with van der Waals surface area (Å²) in [6.45, 7) is 2.15. The number of hydrogen-bond donors (Lipinski definition) is 1. The Morgan fingerprint density at radius 3 is 2.00 bits per heavy atom. The molecule has 0 aromatic rings. The summed E-state index contributed by atoms with van der Waals surface area (Å²) in [6, 6.07) is 0. The molecule has 0 amide bonds. The maximum absolute atomic E-state index is 10.2. The molecule has 0 rings (SSSR count). The van der Waals surface area contributed by atoms with Crippen LogP contribution in [0.25, 0.3) is 0 Å². The van der Waals surface area contributed by atoms with E-state index in [1.807, 2.05) is 6.08 Å². The van der Waals surface area contributed by atoms with Crippen molar-refractivity contribution in [3.05, 3.63) is 24.3 Å². The maximum atomic E-state index is 10.2. The SMILES string of the molecule is CCC=CCCCCCCC=CCC(=O)O. The lowest BCUT2D eigenvalue weighted by Crippen LogP contribution is -1.89. The number of unbranched alkanes of at least 4 members (excludes halogenated alkanes) is 5. The van der Waals surface area contributed by atoms with E-state index in [1.165, 1.54) is 32.1 Å². The lowest BCUT2D eigenvalue weighted by molar-refractivity contribution is -0.136. The Balaban J connectivity index is 3.12. The standard InChI is InChI=1S/C14H24O2/c1-2-3-4-5-6-7-8-9-10-11-12-13-14(15)16/h3-4,11-12H,2,5-10,13H2,1H3,(H,15,16). The summed E-state index contributed by atoms with van der Waals surface area (Å²) >= 11 is 0. The van der Waals surface area contributed by atoms with Crippen molar-refractivity contribution in [3.63, 3.8) is 0 Å². The first-order valence-corrected chi connectivity index (χ1v) is 6.29. The number of hydrogen-bond acceptors (Lipinski definition) is 1. The van der Waals surface area contributed by atoms with Gasteiger partial charge in [-0.3, -0.25) is 4.79 Å². The average molecular weight is 224 g/mol. The summed E-state index contributed by atoms with van der Waals surface area (Å²) in [5.41, 5.74) is 0. The molecule has 0 radical (unpaired) electrons. The quantitative estimate of drug-likeness (QED) is 0.443. The fourth-order valence-corrected chi connectivity index (χ4v) is 1.46. The van der Waals surface area contributed by atoms with E-state index in [0.717, 1.165) is 12.8 Å². The van der Waals surface area contributed by atoms with E-state index >= 15 is 0 Å². The largest absolute Gasteiger partial charge is 0.481 e. The van der Waals surface area contributed by atoms with Gasteiger partial charge in [-0.15, -0.1) is 0 Å². The van der Waals surface area contributed by atoms with E-state index in [4.69, 9.17) is 5.11 Å². The Morgan fingerprint density at radius 1 is 0.938 bits per heavy atom. The van der Waals surface area contributed by atoms with Crippen LogP contribution in [0.3, 0.4) is 0 Å². The van der Waals surface area contributed by atoms with E-state index in [2.05, 4.69) is 19.1 Å². The lowest BCUT2D eigenvalue weighted by Gasteiger charge is -1.96. The minimum atomic E-state index is -0.751. The molecule has 0 unspecified atom stereocenters. The minimum Gasteiger partial charge on any atom is -0.481 e. The van der Waals surface area contributed by atoms with Crippen molar-refractivity contribution in [2.45, 2.75) is 58.3 Å². The van der Waals surface area contributed by atoms with Crippen LogP contribution >= 0.6 is 0 Å². The van der Waals surface area contributed by atoms with Gasteiger partial charge >= 0.3 is 5.97 Å². The van der Waals surface area contributed by atoms with Crippen molar-refractivity contribution in [1.82, 2.24) is 0 Å². The van der Waals surface area contributed by atoms with Gasteiger partial charge in [0.05, 0.1) is 6.42 Å². The minimum absolute atomic E-state index is 0.155. The second-order valence-corrected chi connectivity index (χ2v) is 3.94. The molecule has 0 aliphatic carbocycles. The molecule has 0 heterocycles. The Kier molecular flexibility index (Phi) is 11.2. The molecule has 0 atom stereocenters. The molecule has 0 fully saturated rings. The molecule has 2 nitrogen and oxygen atoms in total. The van der Waals surface area contributed by atoms with Gasteiger partial charge in [-0.05, 0) is 32.1 Å². The summed E-state index contributed by atoms with van der Waals surface area (Å²) in [5.74, 6) is -0.751. The van der Waals surface area contributed by atoms with Crippen LogP contribution in [0.4, 0.5) is 0 Å². The number of carboxylic acid groups (broad SMARTS) is 1. The van der Waals surface area contributed by atoms with Crippen molar-refractivity contribution < 1.29 is 9.90 Å². The maximum Gasteiger partial charge on any atom is 0.307 e. The molecule has 16 heavy (non-hydrogen) atoms. The van der Waals surface area contributed by atoms with Crippen LogP contribution in [0.5, 0.6) is 0 Å². The molecular formula is C14H24O2. The molecule has 0 saturated heterocycles. The Hall–Kier alpha value is -1.05. The van der Waals surface area contributed by atoms with Crippen LogP contribution in [-0.2, 0) is 4.79 Å². The fraction of sp³-hybridized carbons (Fsp3) is 0.643. The van der Waals surface area contributed by atoms with E-state index in [1.54, 1.807) is 6.08 Å². The van der Waals surface area contributed by atoms with Crippen LogP contribution in [0.2, 0.25) is 0 Å². The average Bonchev–Trinajstić information content (AvgIpc) is 2.25. The fourth-order valence-electron chi connectivity index (χ4n) is 1.46. The topological polar surface area (TPSA) is 37.3 Å². The lowest BCUT2D eigenvalue weighted by atomic mass is 10.1. The zero-order valence-electron chi connectivity index (χ0n) is 10.3. The molecule has 2 heteroatoms. The highest BCUT2D eigenvalue weighted by Crippen LogP contribution is 2.06. The van der Waals surface area contributed by atoms with Gasteiger partial charge in [0, 0.05) is 0 Å². The van der Waals surface area contributed by atoms with Crippen molar-refractivity contribution in [2.24, 2.45) is 0 Å². The molecular weight excluding hydrogens is 200 g/mol. The van der Waals surface area contributed by atoms with Gasteiger partial charge in [0.1, 0.15) is 0 Å². The first-order chi connectivity index (χ1) is 7.77. The third kappa shape index (κ3) is 12.9. The van der Waals surface area contributed by atoms with Crippen LogP contribution in [0, 0.1) is 0 Å². The zero-order chi connectivity index (χ0) is 12.1. The highest BCUT2D eigenvalue weighted by Gasteiger charge is 1.90. The molecule has 0 aliphatic heterocycles. The Morgan fingerprint density at radius 2 is 1.50 bits per heavy atom. The van der Waals surface area contributed by atoms with Crippen molar-refractivity contribution in [2.75, 3.05) is 0 Å². The molecule has 0 aromatic heterocycles.